The van der Waals surface area contributed by atoms with Gasteiger partial charge in [0.1, 0.15) is 0 Å². The Kier molecular flexibility index (Phi) is 5.78. The molecule has 1 aromatic carbocycles. The number of amides is 1. The van der Waals surface area contributed by atoms with E-state index in [9.17, 15) is 4.79 Å². The van der Waals surface area contributed by atoms with E-state index in [-0.39, 0.29) is 5.91 Å². The van der Waals surface area contributed by atoms with Crippen molar-refractivity contribution < 1.29 is 4.79 Å². The summed E-state index contributed by atoms with van der Waals surface area (Å²) in [6.07, 6.45) is 3.41. The average molecular weight is 415 g/mol. The molecule has 3 heterocycles. The Hall–Kier alpha value is -2.58. The van der Waals surface area contributed by atoms with Crippen LogP contribution in [0, 0.1) is 0 Å². The van der Waals surface area contributed by atoms with Gasteiger partial charge in [-0.1, -0.05) is 35.5 Å². The van der Waals surface area contributed by atoms with Crippen molar-refractivity contribution in [1.29, 1.82) is 0 Å². The molecular weight excluding hydrogens is 396 g/mol. The number of nitrogens with one attached hydrogen (secondary N) is 1. The lowest BCUT2D eigenvalue weighted by molar-refractivity contribution is -0.128. The highest BCUT2D eigenvalue weighted by Crippen LogP contribution is 2.26. The topological polar surface area (TPSA) is 78.0 Å². The molecule has 0 unspecified atom stereocenters. The molecule has 1 aliphatic rings. The van der Waals surface area contributed by atoms with Crippen LogP contribution in [0.2, 0.25) is 5.02 Å². The lowest BCUT2D eigenvalue weighted by Crippen LogP contribution is -2.49. The molecule has 0 spiro atoms. The Bertz CT molecular complexity index is 942. The van der Waals surface area contributed by atoms with E-state index in [1.807, 2.05) is 41.3 Å². The van der Waals surface area contributed by atoms with Crippen LogP contribution in [0.1, 0.15) is 0 Å². The molecule has 1 N–H and O–H groups in total. The Morgan fingerprint density at radius 2 is 1.86 bits per heavy atom. The lowest BCUT2D eigenvalue weighted by atomic mass is 10.2. The Morgan fingerprint density at radius 3 is 2.61 bits per heavy atom. The van der Waals surface area contributed by atoms with Crippen molar-refractivity contribution in [3.05, 3.63) is 53.8 Å². The largest absolute Gasteiger partial charge is 0.367 e. The van der Waals surface area contributed by atoms with Crippen LogP contribution in [0.15, 0.2) is 53.9 Å². The van der Waals surface area contributed by atoms with E-state index in [0.29, 0.717) is 29.8 Å². The standard InChI is InChI=1S/C19H19ClN6OS/c20-15-3-1-2-4-16(15)25-9-11-26(12-10-25)17(27)13-28-19-22-18(23-24-19)14-5-7-21-8-6-14/h1-8H,9-13H2,(H,22,23,24). The molecule has 4 rings (SSSR count). The molecule has 1 saturated heterocycles. The number of piperazine rings is 1. The summed E-state index contributed by atoms with van der Waals surface area (Å²) in [4.78, 5) is 25.1. The third-order valence-corrected chi connectivity index (χ3v) is 5.72. The summed E-state index contributed by atoms with van der Waals surface area (Å²) >= 11 is 7.62. The molecule has 9 heteroatoms. The molecule has 3 aromatic rings. The molecule has 28 heavy (non-hydrogen) atoms. The van der Waals surface area contributed by atoms with Gasteiger partial charge in [0.15, 0.2) is 5.82 Å². The molecule has 0 bridgehead atoms. The van der Waals surface area contributed by atoms with Crippen LogP contribution < -0.4 is 4.90 Å². The third-order valence-electron chi connectivity index (χ3n) is 4.57. The number of para-hydroxylation sites is 1. The van der Waals surface area contributed by atoms with Crippen molar-refractivity contribution >= 4 is 35.0 Å². The molecule has 0 aliphatic carbocycles. The fraction of sp³-hybridized carbons (Fsp3) is 0.263. The van der Waals surface area contributed by atoms with Crippen molar-refractivity contribution in [2.45, 2.75) is 5.16 Å². The summed E-state index contributed by atoms with van der Waals surface area (Å²) in [6.45, 7) is 2.90. The van der Waals surface area contributed by atoms with Crippen LogP contribution in [-0.2, 0) is 4.79 Å². The number of hydrogen-bond donors (Lipinski definition) is 1. The Labute approximate surface area is 172 Å². The second kappa shape index (κ2) is 8.62. The maximum absolute atomic E-state index is 12.5. The number of carbonyl (C=O) groups is 1. The number of nitrogens with zero attached hydrogens (tertiary/aromatic N) is 5. The predicted octanol–water partition coefficient (Wildman–Crippen LogP) is 2.96. The van der Waals surface area contributed by atoms with Gasteiger partial charge in [-0.3, -0.25) is 14.9 Å². The average Bonchev–Trinajstić information content (AvgIpc) is 3.22. The number of rotatable bonds is 5. The number of aromatic nitrogens is 4. The van der Waals surface area contributed by atoms with Gasteiger partial charge >= 0.3 is 0 Å². The van der Waals surface area contributed by atoms with Gasteiger partial charge in [-0.2, -0.15) is 0 Å². The van der Waals surface area contributed by atoms with Gasteiger partial charge in [-0.15, -0.1) is 5.10 Å². The first-order chi connectivity index (χ1) is 13.7. The van der Waals surface area contributed by atoms with Crippen LogP contribution in [-0.4, -0.2) is 62.9 Å². The molecule has 144 valence electrons. The summed E-state index contributed by atoms with van der Waals surface area (Å²) in [5.74, 6) is 1.09. The monoisotopic (exact) mass is 414 g/mol. The summed E-state index contributed by atoms with van der Waals surface area (Å²) in [5, 5.41) is 8.39. The first-order valence-corrected chi connectivity index (χ1v) is 10.3. The van der Waals surface area contributed by atoms with E-state index in [1.54, 1.807) is 12.4 Å². The van der Waals surface area contributed by atoms with Crippen molar-refractivity contribution in [3.63, 3.8) is 0 Å². The van der Waals surface area contributed by atoms with E-state index in [4.69, 9.17) is 11.6 Å². The molecule has 0 saturated carbocycles. The quantitative estimate of drug-likeness (QED) is 0.647. The smallest absolute Gasteiger partial charge is 0.233 e. The first kappa shape index (κ1) is 18.8. The molecule has 0 radical (unpaired) electrons. The molecule has 0 atom stereocenters. The van der Waals surface area contributed by atoms with Crippen LogP contribution in [0.4, 0.5) is 5.69 Å². The number of carbonyl (C=O) groups excluding carboxylic acids is 1. The highest BCUT2D eigenvalue weighted by atomic mass is 35.5. The number of benzene rings is 1. The zero-order valence-corrected chi connectivity index (χ0v) is 16.7. The number of H-pyrrole nitrogens is 1. The van der Waals surface area contributed by atoms with Crippen molar-refractivity contribution in [2.24, 2.45) is 0 Å². The number of aromatic amines is 1. The van der Waals surface area contributed by atoms with Crippen molar-refractivity contribution in [1.82, 2.24) is 25.1 Å². The molecule has 7 nitrogen and oxygen atoms in total. The van der Waals surface area contributed by atoms with Crippen LogP contribution in [0.25, 0.3) is 11.4 Å². The van der Waals surface area contributed by atoms with Crippen molar-refractivity contribution in [2.75, 3.05) is 36.8 Å². The minimum atomic E-state index is 0.0964. The second-order valence-corrected chi connectivity index (χ2v) is 7.66. The van der Waals surface area contributed by atoms with Gasteiger partial charge in [0.05, 0.1) is 16.5 Å². The number of halogens is 1. The maximum Gasteiger partial charge on any atom is 0.233 e. The van der Waals surface area contributed by atoms with Gasteiger partial charge in [0, 0.05) is 44.1 Å². The maximum atomic E-state index is 12.5. The fourth-order valence-electron chi connectivity index (χ4n) is 3.07. The van der Waals surface area contributed by atoms with Crippen LogP contribution in [0.5, 0.6) is 0 Å². The predicted molar refractivity (Wildman–Crippen MR) is 111 cm³/mol. The summed E-state index contributed by atoms with van der Waals surface area (Å²) in [6, 6.07) is 11.5. The van der Waals surface area contributed by atoms with Crippen LogP contribution >= 0.6 is 23.4 Å². The zero-order chi connectivity index (χ0) is 19.3. The third kappa shape index (κ3) is 4.28. The number of hydrogen-bond acceptors (Lipinski definition) is 6. The van der Waals surface area contributed by atoms with E-state index >= 15 is 0 Å². The SMILES string of the molecule is O=C(CSc1n[nH]c(-c2ccncc2)n1)N1CCN(c2ccccc2Cl)CC1. The highest BCUT2D eigenvalue weighted by Gasteiger charge is 2.22. The Morgan fingerprint density at radius 1 is 1.11 bits per heavy atom. The Balaban J connectivity index is 1.28. The summed E-state index contributed by atoms with van der Waals surface area (Å²) in [7, 11) is 0. The van der Waals surface area contributed by atoms with E-state index in [2.05, 4.69) is 25.1 Å². The molecule has 1 aliphatic heterocycles. The van der Waals surface area contributed by atoms with Gasteiger partial charge in [-0.25, -0.2) is 4.98 Å². The number of thioether (sulfide) groups is 1. The molecular formula is C19H19ClN6OS. The molecule has 1 fully saturated rings. The van der Waals surface area contributed by atoms with E-state index in [1.165, 1.54) is 11.8 Å². The normalized spacial score (nSPS) is 14.3. The molecule has 1 amide bonds. The van der Waals surface area contributed by atoms with Crippen molar-refractivity contribution in [3.8, 4) is 11.4 Å². The summed E-state index contributed by atoms with van der Waals surface area (Å²) < 4.78 is 0. The van der Waals surface area contributed by atoms with E-state index in [0.717, 1.165) is 29.4 Å². The fourth-order valence-corrected chi connectivity index (χ4v) is 4.03. The minimum absolute atomic E-state index is 0.0964. The van der Waals surface area contributed by atoms with Gasteiger partial charge in [-0.05, 0) is 24.3 Å². The zero-order valence-electron chi connectivity index (χ0n) is 15.1. The molecule has 2 aromatic heterocycles. The minimum Gasteiger partial charge on any atom is -0.367 e. The lowest BCUT2D eigenvalue weighted by Gasteiger charge is -2.36. The number of pyridine rings is 1. The van der Waals surface area contributed by atoms with Gasteiger partial charge < -0.3 is 9.80 Å². The second-order valence-electron chi connectivity index (χ2n) is 6.31. The highest BCUT2D eigenvalue weighted by molar-refractivity contribution is 7.99. The van der Waals surface area contributed by atoms with Gasteiger partial charge in [0.2, 0.25) is 11.1 Å². The van der Waals surface area contributed by atoms with Crippen LogP contribution in [0.3, 0.4) is 0 Å². The van der Waals surface area contributed by atoms with E-state index < -0.39 is 0 Å². The first-order valence-electron chi connectivity index (χ1n) is 8.93. The van der Waals surface area contributed by atoms with Gasteiger partial charge in [0.25, 0.3) is 0 Å². The summed E-state index contributed by atoms with van der Waals surface area (Å²) in [5.41, 5.74) is 1.94. The number of anilines is 1.